The maximum absolute atomic E-state index is 11.3. The zero-order valence-corrected chi connectivity index (χ0v) is 12.3. The summed E-state index contributed by atoms with van der Waals surface area (Å²) in [6, 6.07) is 2.67. The van der Waals surface area contributed by atoms with Crippen LogP contribution in [0.15, 0.2) is 27.0 Å². The maximum Gasteiger partial charge on any atom is 0.433 e. The molecule has 2 aromatic heterocycles. The summed E-state index contributed by atoms with van der Waals surface area (Å²) in [5.41, 5.74) is 3.23. The number of anilines is 1. The highest BCUT2D eigenvalue weighted by molar-refractivity contribution is 7.13. The predicted octanol–water partition coefficient (Wildman–Crippen LogP) is 2.20. The van der Waals surface area contributed by atoms with Crippen LogP contribution in [0.3, 0.4) is 0 Å². The van der Waals surface area contributed by atoms with Crippen LogP contribution in [0.4, 0.5) is 11.0 Å². The molecule has 2 heterocycles. The standard InChI is InChI=1S/C12H12N4O5S/c1-2-20-11(17)5-8-7-22-12(14-8)15-13-6-9-3-4-10(21-9)16(18)19/h3-4,6-7H,2,5H2,1H3,(H,14,15)/b13-6-. The van der Waals surface area contributed by atoms with Crippen molar-refractivity contribution in [1.29, 1.82) is 0 Å². The molecule has 116 valence electrons. The third kappa shape index (κ3) is 4.38. The summed E-state index contributed by atoms with van der Waals surface area (Å²) in [5, 5.41) is 16.5. The fraction of sp³-hybridized carbons (Fsp3) is 0.250. The Bertz CT molecular complexity index is 693. The first kappa shape index (κ1) is 15.6. The lowest BCUT2D eigenvalue weighted by atomic mass is 10.3. The minimum Gasteiger partial charge on any atom is -0.466 e. The van der Waals surface area contributed by atoms with Crippen LogP contribution in [0.2, 0.25) is 0 Å². The van der Waals surface area contributed by atoms with E-state index in [0.29, 0.717) is 17.4 Å². The smallest absolute Gasteiger partial charge is 0.433 e. The number of nitrogens with zero attached hydrogens (tertiary/aromatic N) is 3. The lowest BCUT2D eigenvalue weighted by molar-refractivity contribution is -0.402. The molecule has 0 unspecified atom stereocenters. The summed E-state index contributed by atoms with van der Waals surface area (Å²) >= 11 is 1.27. The van der Waals surface area contributed by atoms with Gasteiger partial charge in [-0.3, -0.25) is 20.3 Å². The Morgan fingerprint density at radius 3 is 3.14 bits per heavy atom. The van der Waals surface area contributed by atoms with E-state index in [1.807, 2.05) is 0 Å². The van der Waals surface area contributed by atoms with E-state index >= 15 is 0 Å². The minimum absolute atomic E-state index is 0.0973. The van der Waals surface area contributed by atoms with Crippen molar-refractivity contribution in [1.82, 2.24) is 4.98 Å². The normalized spacial score (nSPS) is 10.8. The lowest BCUT2D eigenvalue weighted by Crippen LogP contribution is -2.07. The average molecular weight is 324 g/mol. The van der Waals surface area contributed by atoms with Crippen LogP contribution in [-0.2, 0) is 16.0 Å². The van der Waals surface area contributed by atoms with Gasteiger partial charge in [0.15, 0.2) is 5.76 Å². The first-order valence-electron chi connectivity index (χ1n) is 6.22. The van der Waals surface area contributed by atoms with Gasteiger partial charge in [0.25, 0.3) is 0 Å². The van der Waals surface area contributed by atoms with E-state index in [2.05, 4.69) is 15.5 Å². The van der Waals surface area contributed by atoms with Crippen LogP contribution in [-0.4, -0.2) is 28.7 Å². The fourth-order valence-corrected chi connectivity index (χ4v) is 2.12. The van der Waals surface area contributed by atoms with Crippen LogP contribution in [0.1, 0.15) is 18.4 Å². The molecule has 0 atom stereocenters. The molecule has 10 heteroatoms. The first-order valence-corrected chi connectivity index (χ1v) is 7.09. The molecule has 0 aromatic carbocycles. The van der Waals surface area contributed by atoms with Gasteiger partial charge in [0.1, 0.15) is 4.92 Å². The fourth-order valence-electron chi connectivity index (χ4n) is 1.46. The number of thiazole rings is 1. The van der Waals surface area contributed by atoms with Crippen molar-refractivity contribution in [3.8, 4) is 0 Å². The quantitative estimate of drug-likeness (QED) is 0.359. The molecule has 0 bridgehead atoms. The first-order chi connectivity index (χ1) is 10.6. The molecule has 0 amide bonds. The van der Waals surface area contributed by atoms with Gasteiger partial charge in [-0.25, -0.2) is 4.98 Å². The second-order valence-electron chi connectivity index (χ2n) is 3.93. The zero-order chi connectivity index (χ0) is 15.9. The third-order valence-corrected chi connectivity index (χ3v) is 3.12. The van der Waals surface area contributed by atoms with Crippen molar-refractivity contribution >= 4 is 34.5 Å². The van der Waals surface area contributed by atoms with Gasteiger partial charge in [-0.2, -0.15) is 5.10 Å². The second-order valence-corrected chi connectivity index (χ2v) is 4.79. The second kappa shape index (κ2) is 7.31. The molecule has 1 N–H and O–H groups in total. The Balaban J connectivity index is 1.88. The molecule has 2 rings (SSSR count). The molecule has 0 aliphatic carbocycles. The number of carbonyl (C=O) groups is 1. The van der Waals surface area contributed by atoms with Gasteiger partial charge < -0.3 is 9.15 Å². The molecule has 2 aromatic rings. The average Bonchev–Trinajstić information content (AvgIpc) is 3.09. The lowest BCUT2D eigenvalue weighted by Gasteiger charge is -1.97. The molecule has 22 heavy (non-hydrogen) atoms. The van der Waals surface area contributed by atoms with Gasteiger partial charge in [-0.05, 0) is 13.0 Å². The SMILES string of the molecule is CCOC(=O)Cc1csc(N/N=C\c2ccc([N+](=O)[O-])o2)n1. The van der Waals surface area contributed by atoms with Crippen molar-refractivity contribution in [2.45, 2.75) is 13.3 Å². The third-order valence-electron chi connectivity index (χ3n) is 2.33. The van der Waals surface area contributed by atoms with Gasteiger partial charge in [0.05, 0.1) is 31.0 Å². The Hall–Kier alpha value is -2.75. The summed E-state index contributed by atoms with van der Waals surface area (Å²) in [6.07, 6.45) is 1.39. The van der Waals surface area contributed by atoms with Crippen molar-refractivity contribution in [3.05, 3.63) is 39.1 Å². The van der Waals surface area contributed by atoms with Crippen LogP contribution in [0.25, 0.3) is 0 Å². The molecular weight excluding hydrogens is 312 g/mol. The zero-order valence-electron chi connectivity index (χ0n) is 11.5. The van der Waals surface area contributed by atoms with Crippen LogP contribution < -0.4 is 5.43 Å². The number of hydrogen-bond donors (Lipinski definition) is 1. The molecular formula is C12H12N4O5S. The van der Waals surface area contributed by atoms with E-state index in [9.17, 15) is 14.9 Å². The number of aromatic nitrogens is 1. The largest absolute Gasteiger partial charge is 0.466 e. The number of hydrazone groups is 1. The molecule has 0 aliphatic heterocycles. The number of furan rings is 1. The van der Waals surface area contributed by atoms with E-state index in [-0.39, 0.29) is 24.0 Å². The van der Waals surface area contributed by atoms with Crippen LogP contribution >= 0.6 is 11.3 Å². The van der Waals surface area contributed by atoms with Gasteiger partial charge in [0.2, 0.25) is 5.13 Å². The number of nitro groups is 1. The summed E-state index contributed by atoms with van der Waals surface area (Å²) in [5.74, 6) is -0.458. The Kier molecular flexibility index (Phi) is 5.20. The van der Waals surface area contributed by atoms with E-state index < -0.39 is 4.92 Å². The van der Waals surface area contributed by atoms with Gasteiger partial charge in [0, 0.05) is 5.38 Å². The molecule has 0 radical (unpaired) electrons. The molecule has 0 saturated heterocycles. The van der Waals surface area contributed by atoms with Gasteiger partial charge >= 0.3 is 11.9 Å². The number of hydrogen-bond acceptors (Lipinski definition) is 9. The van der Waals surface area contributed by atoms with Crippen molar-refractivity contribution < 1.29 is 18.9 Å². The molecule has 0 aliphatic rings. The van der Waals surface area contributed by atoms with Crippen LogP contribution in [0.5, 0.6) is 0 Å². The number of rotatable bonds is 7. The Labute approximate surface area is 128 Å². The summed E-state index contributed by atoms with van der Waals surface area (Å²) in [7, 11) is 0. The minimum atomic E-state index is -0.632. The number of esters is 1. The molecule has 9 nitrogen and oxygen atoms in total. The molecule has 0 spiro atoms. The molecule has 0 saturated carbocycles. The number of carbonyl (C=O) groups excluding carboxylic acids is 1. The maximum atomic E-state index is 11.3. The summed E-state index contributed by atoms with van der Waals surface area (Å²) < 4.78 is 9.73. The van der Waals surface area contributed by atoms with Gasteiger partial charge in [-0.15, -0.1) is 11.3 Å². The monoisotopic (exact) mass is 324 g/mol. The van der Waals surface area contributed by atoms with E-state index in [1.54, 1.807) is 12.3 Å². The van der Waals surface area contributed by atoms with Crippen molar-refractivity contribution in [3.63, 3.8) is 0 Å². The summed E-state index contributed by atoms with van der Waals surface area (Å²) in [6.45, 7) is 2.06. The van der Waals surface area contributed by atoms with E-state index in [1.165, 1.54) is 29.7 Å². The Morgan fingerprint density at radius 2 is 2.45 bits per heavy atom. The topological polar surface area (TPSA) is 120 Å². The van der Waals surface area contributed by atoms with E-state index in [4.69, 9.17) is 9.15 Å². The summed E-state index contributed by atoms with van der Waals surface area (Å²) in [4.78, 5) is 25.3. The van der Waals surface area contributed by atoms with Gasteiger partial charge in [-0.1, -0.05) is 0 Å². The highest BCUT2D eigenvalue weighted by atomic mass is 32.1. The molecule has 0 fully saturated rings. The van der Waals surface area contributed by atoms with Crippen molar-refractivity contribution in [2.75, 3.05) is 12.0 Å². The number of nitrogens with one attached hydrogen (secondary N) is 1. The Morgan fingerprint density at radius 1 is 1.64 bits per heavy atom. The number of ether oxygens (including phenoxy) is 1. The highest BCUT2D eigenvalue weighted by Gasteiger charge is 2.10. The van der Waals surface area contributed by atoms with E-state index in [0.717, 1.165) is 0 Å². The predicted molar refractivity (Wildman–Crippen MR) is 79.0 cm³/mol. The highest BCUT2D eigenvalue weighted by Crippen LogP contribution is 2.17. The van der Waals surface area contributed by atoms with Crippen molar-refractivity contribution in [2.24, 2.45) is 5.10 Å². The van der Waals surface area contributed by atoms with Crippen LogP contribution in [0, 0.1) is 10.1 Å².